The van der Waals surface area contributed by atoms with Crippen molar-refractivity contribution in [2.45, 2.75) is 90.1 Å². The van der Waals surface area contributed by atoms with Gasteiger partial charge in [0.25, 0.3) is 5.91 Å². The minimum Gasteiger partial charge on any atom is -0.462 e. The Bertz CT molecular complexity index is 1460. The Morgan fingerprint density at radius 2 is 1.80 bits per heavy atom. The number of anilines is 1. The summed E-state index contributed by atoms with van der Waals surface area (Å²) in [6.45, 7) is 5.36. The molecule has 1 heterocycles. The van der Waals surface area contributed by atoms with E-state index in [1.54, 1.807) is 6.07 Å². The van der Waals surface area contributed by atoms with E-state index in [9.17, 15) is 32.3 Å². The number of amides is 1. The number of esters is 2. The Balaban J connectivity index is 1.50. The van der Waals surface area contributed by atoms with Crippen LogP contribution in [0.2, 0.25) is 0 Å². The van der Waals surface area contributed by atoms with Crippen LogP contribution in [0.15, 0.2) is 24.4 Å². The lowest BCUT2D eigenvalue weighted by Crippen LogP contribution is -2.35. The first-order valence-corrected chi connectivity index (χ1v) is 15.0. The monoisotopic (exact) mass is 634 g/mol. The first kappa shape index (κ1) is 34.0. The van der Waals surface area contributed by atoms with Gasteiger partial charge in [-0.15, -0.1) is 0 Å². The van der Waals surface area contributed by atoms with Crippen molar-refractivity contribution < 1.29 is 41.8 Å². The highest BCUT2D eigenvalue weighted by molar-refractivity contribution is 6.01. The van der Waals surface area contributed by atoms with Gasteiger partial charge in [-0.3, -0.25) is 19.2 Å². The molecule has 1 fully saturated rings. The maximum atomic E-state index is 14.0. The highest BCUT2D eigenvalue weighted by Gasteiger charge is 2.43. The summed E-state index contributed by atoms with van der Waals surface area (Å²) in [6, 6.07) is 4.45. The molecular formula is C32H41F3N4O6. The number of rotatable bonds is 10. The molecule has 0 aliphatic heterocycles. The lowest BCUT2D eigenvalue weighted by Gasteiger charge is -2.31. The molecule has 1 unspecified atom stereocenters. The number of hydrogen-bond acceptors (Lipinski definition) is 8. The third-order valence-corrected chi connectivity index (χ3v) is 8.15. The molecule has 2 aliphatic rings. The van der Waals surface area contributed by atoms with Crippen LogP contribution in [0.3, 0.4) is 0 Å². The number of likely N-dealkylation sites (N-methyl/N-ethyl adjacent to an activating group) is 1. The molecule has 246 valence electrons. The topological polar surface area (TPSA) is 133 Å². The maximum absolute atomic E-state index is 14.0. The van der Waals surface area contributed by atoms with Crippen molar-refractivity contribution in [3.05, 3.63) is 46.8 Å². The molecule has 1 amide bonds. The zero-order valence-electron chi connectivity index (χ0n) is 26.3. The van der Waals surface area contributed by atoms with E-state index in [2.05, 4.69) is 5.32 Å². The van der Waals surface area contributed by atoms with Gasteiger partial charge >= 0.3 is 18.1 Å². The number of alkyl halides is 3. The molecule has 3 N–H and O–H groups in total. The highest BCUT2D eigenvalue weighted by atomic mass is 19.4. The maximum Gasteiger partial charge on any atom is 0.418 e. The molecule has 4 rings (SSSR count). The lowest BCUT2D eigenvalue weighted by atomic mass is 9.75. The molecule has 0 spiro atoms. The Hall–Kier alpha value is -3.87. The van der Waals surface area contributed by atoms with Crippen molar-refractivity contribution in [3.63, 3.8) is 0 Å². The third-order valence-electron chi connectivity index (χ3n) is 8.15. The molecule has 1 atom stereocenters. The van der Waals surface area contributed by atoms with Crippen LogP contribution in [0.5, 0.6) is 0 Å². The van der Waals surface area contributed by atoms with Gasteiger partial charge in [0.05, 0.1) is 23.1 Å². The van der Waals surface area contributed by atoms with E-state index in [1.807, 2.05) is 32.8 Å². The molecule has 10 nitrogen and oxygen atoms in total. The van der Waals surface area contributed by atoms with Crippen molar-refractivity contribution in [2.75, 3.05) is 26.0 Å². The summed E-state index contributed by atoms with van der Waals surface area (Å²) >= 11 is 0. The summed E-state index contributed by atoms with van der Waals surface area (Å²) < 4.78 is 54.3. The number of primary amides is 1. The average molecular weight is 635 g/mol. The SMILES string of the molecule is CC(=O)OC(CC(=O)O[C@H]1CC[C@H](Nc2cc(-n3cc(C(F)(F)F)c4c3CC(C)(C)CC4=O)ccc2C(N)=O)CC1)CN(C)C. The van der Waals surface area contributed by atoms with Gasteiger partial charge in [-0.25, -0.2) is 0 Å². The van der Waals surface area contributed by atoms with E-state index in [1.165, 1.54) is 23.6 Å². The summed E-state index contributed by atoms with van der Waals surface area (Å²) in [5.74, 6) is -2.18. The predicted octanol–water partition coefficient (Wildman–Crippen LogP) is 4.90. The normalized spacial score (nSPS) is 20.3. The molecule has 1 aromatic heterocycles. The Labute approximate surface area is 260 Å². The molecule has 2 aliphatic carbocycles. The molecule has 0 radical (unpaired) electrons. The van der Waals surface area contributed by atoms with Gasteiger partial charge in [0.15, 0.2) is 5.78 Å². The third kappa shape index (κ3) is 8.44. The van der Waals surface area contributed by atoms with Crippen molar-refractivity contribution in [1.82, 2.24) is 9.47 Å². The number of fused-ring (bicyclic) bond motifs is 1. The number of aromatic nitrogens is 1. The zero-order valence-corrected chi connectivity index (χ0v) is 26.3. The number of ketones is 1. The van der Waals surface area contributed by atoms with Crippen LogP contribution in [0, 0.1) is 5.41 Å². The van der Waals surface area contributed by atoms with E-state index in [-0.39, 0.29) is 48.2 Å². The second kappa shape index (κ2) is 13.2. The van der Waals surface area contributed by atoms with Crippen LogP contribution in [-0.4, -0.2) is 72.0 Å². The number of ether oxygens (including phenoxy) is 2. The van der Waals surface area contributed by atoms with Gasteiger partial charge in [-0.2, -0.15) is 13.2 Å². The number of hydrogen-bond donors (Lipinski definition) is 2. The molecule has 0 bridgehead atoms. The number of benzene rings is 1. The molecule has 1 saturated carbocycles. The summed E-state index contributed by atoms with van der Waals surface area (Å²) in [7, 11) is 3.62. The number of nitrogens with two attached hydrogens (primary N) is 1. The van der Waals surface area contributed by atoms with E-state index in [0.717, 1.165) is 6.20 Å². The van der Waals surface area contributed by atoms with Crippen molar-refractivity contribution in [1.29, 1.82) is 0 Å². The Morgan fingerprint density at radius 3 is 2.38 bits per heavy atom. The van der Waals surface area contributed by atoms with Gasteiger partial charge in [0, 0.05) is 49.2 Å². The zero-order chi connectivity index (χ0) is 33.3. The van der Waals surface area contributed by atoms with Crippen LogP contribution in [0.4, 0.5) is 18.9 Å². The number of carbonyl (C=O) groups excluding carboxylic acids is 4. The summed E-state index contributed by atoms with van der Waals surface area (Å²) in [5.41, 5.74) is 5.04. The number of nitrogens with one attached hydrogen (secondary N) is 1. The molecule has 1 aromatic carbocycles. The van der Waals surface area contributed by atoms with E-state index >= 15 is 0 Å². The first-order chi connectivity index (χ1) is 20.9. The van der Waals surface area contributed by atoms with Gasteiger partial charge in [-0.05, 0) is 69.8 Å². The smallest absolute Gasteiger partial charge is 0.418 e. The number of nitrogens with zero attached hydrogens (tertiary/aromatic N) is 2. The van der Waals surface area contributed by atoms with Gasteiger partial charge < -0.3 is 30.0 Å². The van der Waals surface area contributed by atoms with Crippen LogP contribution in [0.1, 0.15) is 91.3 Å². The highest BCUT2D eigenvalue weighted by Crippen LogP contribution is 2.43. The van der Waals surface area contributed by atoms with E-state index in [4.69, 9.17) is 15.2 Å². The number of carbonyl (C=O) groups is 4. The van der Waals surface area contributed by atoms with Crippen LogP contribution >= 0.6 is 0 Å². The van der Waals surface area contributed by atoms with Crippen molar-refractivity contribution in [3.8, 4) is 5.69 Å². The average Bonchev–Trinajstić information content (AvgIpc) is 3.28. The Morgan fingerprint density at radius 1 is 1.13 bits per heavy atom. The predicted molar refractivity (Wildman–Crippen MR) is 160 cm³/mol. The van der Waals surface area contributed by atoms with Gasteiger partial charge in [-0.1, -0.05) is 13.8 Å². The van der Waals surface area contributed by atoms with Crippen LogP contribution in [0.25, 0.3) is 5.69 Å². The standard InChI is InChI=1S/C32H41F3N4O6/c1-18(40)44-22(16-38(4)5)13-28(42)45-21-9-6-19(7-10-21)37-25-12-20(8-11-23(25)30(36)43)39-17-24(32(33,34)35)29-26(39)14-31(2,3)15-27(29)41/h8,11-12,17,19,21-22,37H,6-7,9-10,13-16H2,1-5H3,(H2,36,43)/t19-,21-,22?. The van der Waals surface area contributed by atoms with Gasteiger partial charge in [0.1, 0.15) is 12.2 Å². The minimum atomic E-state index is -4.71. The number of Topliss-reactive ketones (excluding diaryl/α,β-unsaturated/α-hetero) is 1. The summed E-state index contributed by atoms with van der Waals surface area (Å²) in [4.78, 5) is 51.0. The van der Waals surface area contributed by atoms with E-state index in [0.29, 0.717) is 43.6 Å². The summed E-state index contributed by atoms with van der Waals surface area (Å²) in [5, 5.41) is 3.33. The van der Waals surface area contributed by atoms with Crippen LogP contribution in [-0.2, 0) is 31.7 Å². The molecule has 2 aromatic rings. The molecule has 45 heavy (non-hydrogen) atoms. The first-order valence-electron chi connectivity index (χ1n) is 15.0. The fourth-order valence-electron chi connectivity index (χ4n) is 6.28. The largest absolute Gasteiger partial charge is 0.462 e. The minimum absolute atomic E-state index is 0.0152. The molecule has 13 heteroatoms. The fourth-order valence-corrected chi connectivity index (χ4v) is 6.28. The second-order valence-electron chi connectivity index (χ2n) is 13.1. The quantitative estimate of drug-likeness (QED) is 0.353. The lowest BCUT2D eigenvalue weighted by molar-refractivity contribution is -0.158. The van der Waals surface area contributed by atoms with Crippen LogP contribution < -0.4 is 11.1 Å². The van der Waals surface area contributed by atoms with Crippen molar-refractivity contribution in [2.24, 2.45) is 11.1 Å². The van der Waals surface area contributed by atoms with Crippen molar-refractivity contribution >= 4 is 29.3 Å². The second-order valence-corrected chi connectivity index (χ2v) is 13.1. The van der Waals surface area contributed by atoms with E-state index < -0.39 is 46.9 Å². The molecular weight excluding hydrogens is 593 g/mol. The fraction of sp³-hybridized carbons (Fsp3) is 0.562. The molecule has 0 saturated heterocycles. The summed E-state index contributed by atoms with van der Waals surface area (Å²) in [6.07, 6.45) is -2.23. The number of halogens is 3. The Kier molecular flexibility index (Phi) is 10.0. The van der Waals surface area contributed by atoms with Gasteiger partial charge in [0.2, 0.25) is 0 Å².